The van der Waals surface area contributed by atoms with Gasteiger partial charge < -0.3 is 5.32 Å². The summed E-state index contributed by atoms with van der Waals surface area (Å²) in [4.78, 5) is 2.65. The molecule has 0 amide bonds. The second-order valence-electron chi connectivity index (χ2n) is 7.31. The van der Waals surface area contributed by atoms with E-state index in [4.69, 9.17) is 0 Å². The van der Waals surface area contributed by atoms with Gasteiger partial charge in [-0.15, -0.1) is 0 Å². The monoisotopic (exact) mass is 324 g/mol. The van der Waals surface area contributed by atoms with E-state index in [0.717, 1.165) is 31.5 Å². The van der Waals surface area contributed by atoms with Crippen LogP contribution in [-0.2, 0) is 19.6 Å². The number of rotatable bonds is 6. The molecular formula is C20H28N4. The molecule has 0 bridgehead atoms. The summed E-state index contributed by atoms with van der Waals surface area (Å²) in [5, 5.41) is 8.20. The summed E-state index contributed by atoms with van der Waals surface area (Å²) < 4.78 is 2.09. The minimum absolute atomic E-state index is 0.663. The van der Waals surface area contributed by atoms with Crippen LogP contribution in [0.25, 0.3) is 0 Å². The quantitative estimate of drug-likeness (QED) is 0.887. The highest BCUT2D eigenvalue weighted by atomic mass is 15.3. The lowest BCUT2D eigenvalue weighted by molar-refractivity contribution is 0.288. The van der Waals surface area contributed by atoms with Crippen LogP contribution in [0.5, 0.6) is 0 Å². The van der Waals surface area contributed by atoms with Crippen LogP contribution >= 0.6 is 0 Å². The fraction of sp³-hybridized carbons (Fsp3) is 0.550. The number of likely N-dealkylation sites (tertiary alicyclic amines) is 1. The Bertz CT molecular complexity index is 651. The molecular weight excluding hydrogens is 296 g/mol. The number of fused-ring (bicyclic) bond motifs is 1. The Labute approximate surface area is 144 Å². The zero-order valence-corrected chi connectivity index (χ0v) is 14.6. The number of nitrogens with one attached hydrogen (secondary N) is 1. The molecule has 24 heavy (non-hydrogen) atoms. The van der Waals surface area contributed by atoms with Gasteiger partial charge in [0.1, 0.15) is 0 Å². The first-order chi connectivity index (χ1) is 11.8. The first-order valence-electron chi connectivity index (χ1n) is 9.34. The molecule has 128 valence electrons. The van der Waals surface area contributed by atoms with Gasteiger partial charge in [0, 0.05) is 45.0 Å². The molecule has 4 nitrogen and oxygen atoms in total. The average molecular weight is 324 g/mol. The molecule has 2 aliphatic rings. The zero-order valence-electron chi connectivity index (χ0n) is 14.6. The Morgan fingerprint density at radius 3 is 2.83 bits per heavy atom. The Morgan fingerprint density at radius 1 is 1.12 bits per heavy atom. The number of aryl methyl sites for hydroxylation is 1. The van der Waals surface area contributed by atoms with Crippen molar-refractivity contribution in [1.29, 1.82) is 0 Å². The molecule has 0 unspecified atom stereocenters. The van der Waals surface area contributed by atoms with Crippen molar-refractivity contribution in [3.05, 3.63) is 53.9 Å². The topological polar surface area (TPSA) is 33.1 Å². The van der Waals surface area contributed by atoms with Crippen molar-refractivity contribution in [2.24, 2.45) is 11.8 Å². The number of hydrogen-bond donors (Lipinski definition) is 1. The maximum atomic E-state index is 4.37. The highest BCUT2D eigenvalue weighted by Gasteiger charge is 2.42. The van der Waals surface area contributed by atoms with Gasteiger partial charge in [0.05, 0.1) is 5.69 Å². The summed E-state index contributed by atoms with van der Waals surface area (Å²) >= 11 is 0. The highest BCUT2D eigenvalue weighted by Crippen LogP contribution is 2.38. The number of benzene rings is 1. The van der Waals surface area contributed by atoms with Crippen molar-refractivity contribution in [2.45, 2.75) is 45.4 Å². The van der Waals surface area contributed by atoms with Crippen LogP contribution in [0, 0.1) is 11.8 Å². The molecule has 1 aromatic carbocycles. The van der Waals surface area contributed by atoms with Gasteiger partial charge in [-0.1, -0.05) is 30.3 Å². The molecule has 1 aromatic heterocycles. The Morgan fingerprint density at radius 2 is 2.00 bits per heavy atom. The average Bonchev–Trinajstić information content (AvgIpc) is 3.29. The molecule has 2 fully saturated rings. The fourth-order valence-electron chi connectivity index (χ4n) is 4.61. The van der Waals surface area contributed by atoms with Gasteiger partial charge in [0.25, 0.3) is 0 Å². The van der Waals surface area contributed by atoms with Crippen molar-refractivity contribution in [3.8, 4) is 0 Å². The molecule has 3 atom stereocenters. The summed E-state index contributed by atoms with van der Waals surface area (Å²) in [5.41, 5.74) is 2.74. The molecule has 2 heterocycles. The molecule has 1 saturated carbocycles. The largest absolute Gasteiger partial charge is 0.308 e. The van der Waals surface area contributed by atoms with Crippen molar-refractivity contribution >= 4 is 0 Å². The van der Waals surface area contributed by atoms with E-state index >= 15 is 0 Å². The third kappa shape index (κ3) is 3.26. The van der Waals surface area contributed by atoms with E-state index in [1.165, 1.54) is 37.2 Å². The van der Waals surface area contributed by atoms with E-state index in [-0.39, 0.29) is 0 Å². The van der Waals surface area contributed by atoms with E-state index in [2.05, 4.69) is 63.3 Å². The number of aromatic nitrogens is 2. The van der Waals surface area contributed by atoms with Gasteiger partial charge in [0.2, 0.25) is 0 Å². The van der Waals surface area contributed by atoms with Gasteiger partial charge in [0.15, 0.2) is 0 Å². The fourth-order valence-corrected chi connectivity index (χ4v) is 4.61. The number of nitrogens with zero attached hydrogens (tertiary/aromatic N) is 3. The summed E-state index contributed by atoms with van der Waals surface area (Å²) in [7, 11) is 0. The Balaban J connectivity index is 1.33. The van der Waals surface area contributed by atoms with E-state index < -0.39 is 0 Å². The summed E-state index contributed by atoms with van der Waals surface area (Å²) in [5.74, 6) is 1.69. The molecule has 1 aliphatic carbocycles. The molecule has 1 N–H and O–H groups in total. The van der Waals surface area contributed by atoms with E-state index in [0.29, 0.717) is 6.04 Å². The molecule has 4 heteroatoms. The van der Waals surface area contributed by atoms with Crippen LogP contribution < -0.4 is 5.32 Å². The van der Waals surface area contributed by atoms with Gasteiger partial charge in [-0.05, 0) is 43.2 Å². The van der Waals surface area contributed by atoms with Crippen LogP contribution in [0.2, 0.25) is 0 Å². The van der Waals surface area contributed by atoms with E-state index in [9.17, 15) is 0 Å². The maximum Gasteiger partial charge on any atom is 0.0522 e. The van der Waals surface area contributed by atoms with Gasteiger partial charge in [-0.25, -0.2) is 0 Å². The van der Waals surface area contributed by atoms with Crippen LogP contribution in [-0.4, -0.2) is 33.8 Å². The maximum absolute atomic E-state index is 4.37. The molecule has 1 aliphatic heterocycles. The molecule has 0 spiro atoms. The van der Waals surface area contributed by atoms with Gasteiger partial charge >= 0.3 is 0 Å². The summed E-state index contributed by atoms with van der Waals surface area (Å²) in [6, 6.07) is 13.7. The lowest BCUT2D eigenvalue weighted by Crippen LogP contribution is -2.35. The predicted octanol–water partition coefficient (Wildman–Crippen LogP) is 2.90. The Hall–Kier alpha value is -1.65. The van der Waals surface area contributed by atoms with Crippen molar-refractivity contribution in [1.82, 2.24) is 20.0 Å². The SMILES string of the molecule is CCn1nccc1CN[C@@H]1CC[C@@H]2CN(Cc3ccccc3)C[C@H]21. The lowest BCUT2D eigenvalue weighted by Gasteiger charge is -2.22. The molecule has 1 saturated heterocycles. The normalized spacial score (nSPS) is 26.8. The first kappa shape index (κ1) is 15.9. The van der Waals surface area contributed by atoms with Crippen molar-refractivity contribution in [3.63, 3.8) is 0 Å². The Kier molecular flexibility index (Phi) is 4.67. The smallest absolute Gasteiger partial charge is 0.0522 e. The summed E-state index contributed by atoms with van der Waals surface area (Å²) in [6.07, 6.45) is 4.62. The van der Waals surface area contributed by atoms with Crippen LogP contribution in [0.1, 0.15) is 31.0 Å². The van der Waals surface area contributed by atoms with Crippen molar-refractivity contribution in [2.75, 3.05) is 13.1 Å². The van der Waals surface area contributed by atoms with Gasteiger partial charge in [-0.3, -0.25) is 9.58 Å². The second-order valence-corrected chi connectivity index (χ2v) is 7.31. The highest BCUT2D eigenvalue weighted by molar-refractivity contribution is 5.15. The molecule has 2 aromatic rings. The standard InChI is InChI=1S/C20H28N4/c1-2-24-18(10-11-22-24)12-21-20-9-8-17-14-23(15-19(17)20)13-16-6-4-3-5-7-16/h3-7,10-11,17,19-21H,2,8-9,12-15H2,1H3/t17-,19-,20-/m1/s1. The van der Waals surface area contributed by atoms with Crippen LogP contribution in [0.15, 0.2) is 42.6 Å². The summed E-state index contributed by atoms with van der Waals surface area (Å²) in [6.45, 7) is 7.66. The predicted molar refractivity (Wildman–Crippen MR) is 96.5 cm³/mol. The minimum Gasteiger partial charge on any atom is -0.308 e. The third-order valence-electron chi connectivity index (χ3n) is 5.83. The minimum atomic E-state index is 0.663. The lowest BCUT2D eigenvalue weighted by atomic mass is 9.98. The van der Waals surface area contributed by atoms with Gasteiger partial charge in [-0.2, -0.15) is 5.10 Å². The number of hydrogen-bond acceptors (Lipinski definition) is 3. The second kappa shape index (κ2) is 7.08. The molecule has 4 rings (SSSR count). The first-order valence-corrected chi connectivity index (χ1v) is 9.34. The van der Waals surface area contributed by atoms with Crippen LogP contribution in [0.4, 0.5) is 0 Å². The van der Waals surface area contributed by atoms with E-state index in [1.807, 2.05) is 6.20 Å². The molecule has 0 radical (unpaired) electrons. The van der Waals surface area contributed by atoms with Crippen LogP contribution in [0.3, 0.4) is 0 Å². The van der Waals surface area contributed by atoms with Crippen molar-refractivity contribution < 1.29 is 0 Å². The zero-order chi connectivity index (χ0) is 16.4. The van der Waals surface area contributed by atoms with E-state index in [1.54, 1.807) is 0 Å². The third-order valence-corrected chi connectivity index (χ3v) is 5.83.